The van der Waals surface area contributed by atoms with Crippen molar-refractivity contribution in [2.75, 3.05) is 13.7 Å². The minimum absolute atomic E-state index is 0.0501. The largest absolute Gasteiger partial charge is 0.380 e. The van der Waals surface area contributed by atoms with Gasteiger partial charge in [0.05, 0.1) is 22.5 Å². The predicted molar refractivity (Wildman–Crippen MR) is 71.1 cm³/mol. The lowest BCUT2D eigenvalue weighted by molar-refractivity contribution is -0.123. The normalized spacial score (nSPS) is 23.9. The third-order valence-electron chi connectivity index (χ3n) is 2.81. The van der Waals surface area contributed by atoms with E-state index in [0.717, 1.165) is 21.6 Å². The summed E-state index contributed by atoms with van der Waals surface area (Å²) >= 11 is 5.03. The van der Waals surface area contributed by atoms with E-state index < -0.39 is 0 Å². The molecule has 4 nitrogen and oxygen atoms in total. The molecule has 0 unspecified atom stereocenters. The van der Waals surface area contributed by atoms with E-state index in [4.69, 9.17) is 4.74 Å². The summed E-state index contributed by atoms with van der Waals surface area (Å²) in [7, 11) is 1.68. The van der Waals surface area contributed by atoms with Crippen molar-refractivity contribution in [3.63, 3.8) is 0 Å². The van der Waals surface area contributed by atoms with E-state index in [1.54, 1.807) is 18.4 Å². The lowest BCUT2D eigenvalue weighted by Crippen LogP contribution is -2.39. The molecule has 0 aromatic carbocycles. The molecule has 1 amide bonds. The van der Waals surface area contributed by atoms with Crippen LogP contribution in [0.15, 0.2) is 15.9 Å². The number of halogens is 1. The number of amides is 1. The number of hydrogen-bond donors (Lipinski definition) is 2. The Labute approximate surface area is 113 Å². The van der Waals surface area contributed by atoms with Gasteiger partial charge in [0.25, 0.3) is 0 Å². The summed E-state index contributed by atoms with van der Waals surface area (Å²) in [4.78, 5) is 13.0. The minimum atomic E-state index is -0.122. The summed E-state index contributed by atoms with van der Waals surface area (Å²) in [5.41, 5.74) is 0. The van der Waals surface area contributed by atoms with Gasteiger partial charge in [-0.05, 0) is 34.5 Å². The van der Waals surface area contributed by atoms with Crippen molar-refractivity contribution >= 4 is 33.2 Å². The fourth-order valence-corrected chi connectivity index (χ4v) is 3.25. The summed E-state index contributed by atoms with van der Waals surface area (Å²) in [6.45, 7) is 1.34. The van der Waals surface area contributed by atoms with E-state index in [2.05, 4.69) is 26.6 Å². The summed E-state index contributed by atoms with van der Waals surface area (Å²) in [6, 6.07) is 3.87. The maximum Gasteiger partial charge on any atom is 0.237 e. The first-order valence-corrected chi connectivity index (χ1v) is 7.08. The molecule has 17 heavy (non-hydrogen) atoms. The molecular formula is C11H15BrN2O2S. The van der Waals surface area contributed by atoms with E-state index in [9.17, 15) is 4.79 Å². The molecule has 6 heteroatoms. The highest BCUT2D eigenvalue weighted by Gasteiger charge is 2.28. The fraction of sp³-hybridized carbons (Fsp3) is 0.545. The van der Waals surface area contributed by atoms with Gasteiger partial charge in [-0.1, -0.05) is 0 Å². The average Bonchev–Trinajstić information content (AvgIpc) is 2.94. The van der Waals surface area contributed by atoms with Crippen LogP contribution < -0.4 is 10.6 Å². The zero-order valence-corrected chi connectivity index (χ0v) is 11.9. The van der Waals surface area contributed by atoms with Gasteiger partial charge in [0.15, 0.2) is 0 Å². The van der Waals surface area contributed by atoms with Crippen LogP contribution in [0.3, 0.4) is 0 Å². The molecule has 1 aliphatic rings. The number of carbonyl (C=O) groups is 1. The lowest BCUT2D eigenvalue weighted by Gasteiger charge is -2.10. The van der Waals surface area contributed by atoms with Crippen molar-refractivity contribution < 1.29 is 9.53 Å². The summed E-state index contributed by atoms with van der Waals surface area (Å²) < 4.78 is 6.29. The van der Waals surface area contributed by atoms with Gasteiger partial charge < -0.3 is 15.4 Å². The van der Waals surface area contributed by atoms with Crippen molar-refractivity contribution in [1.82, 2.24) is 10.6 Å². The van der Waals surface area contributed by atoms with E-state index >= 15 is 0 Å². The van der Waals surface area contributed by atoms with Gasteiger partial charge in [0, 0.05) is 18.5 Å². The highest BCUT2D eigenvalue weighted by atomic mass is 79.9. The van der Waals surface area contributed by atoms with E-state index in [1.165, 1.54) is 0 Å². The van der Waals surface area contributed by atoms with Gasteiger partial charge in [-0.3, -0.25) is 4.79 Å². The van der Waals surface area contributed by atoms with Gasteiger partial charge in [0.1, 0.15) is 0 Å². The number of rotatable bonds is 4. The molecule has 1 saturated heterocycles. The number of methoxy groups -OCH3 is 1. The molecule has 2 N–H and O–H groups in total. The molecule has 0 spiro atoms. The fourth-order valence-electron chi connectivity index (χ4n) is 1.83. The second-order valence-electron chi connectivity index (χ2n) is 3.98. The Hall–Kier alpha value is -0.430. The SMILES string of the molecule is CO[C@@H]1CN[C@@H](C(=O)NCc2ccc(Br)s2)C1. The molecule has 2 atom stereocenters. The van der Waals surface area contributed by atoms with Crippen LogP contribution in [0.4, 0.5) is 0 Å². The molecule has 94 valence electrons. The number of thiophene rings is 1. The van der Waals surface area contributed by atoms with Crippen LogP contribution in [0.25, 0.3) is 0 Å². The highest BCUT2D eigenvalue weighted by molar-refractivity contribution is 9.11. The van der Waals surface area contributed by atoms with Crippen LogP contribution in [-0.4, -0.2) is 31.7 Å². The Morgan fingerprint density at radius 2 is 2.53 bits per heavy atom. The predicted octanol–water partition coefficient (Wildman–Crippen LogP) is 1.50. The number of carbonyl (C=O) groups excluding carboxylic acids is 1. The highest BCUT2D eigenvalue weighted by Crippen LogP contribution is 2.21. The Balaban J connectivity index is 1.78. The maximum absolute atomic E-state index is 11.9. The summed E-state index contributed by atoms with van der Waals surface area (Å²) in [5.74, 6) is 0.0501. The van der Waals surface area contributed by atoms with Crippen LogP contribution in [0.2, 0.25) is 0 Å². The van der Waals surface area contributed by atoms with Gasteiger partial charge in [-0.25, -0.2) is 0 Å². The Bertz CT molecular complexity index is 397. The zero-order valence-electron chi connectivity index (χ0n) is 9.53. The van der Waals surface area contributed by atoms with Crippen molar-refractivity contribution in [2.24, 2.45) is 0 Å². The summed E-state index contributed by atoms with van der Waals surface area (Å²) in [6.07, 6.45) is 0.901. The molecule has 1 fully saturated rings. The Morgan fingerprint density at radius 3 is 3.12 bits per heavy atom. The van der Waals surface area contributed by atoms with Crippen LogP contribution in [0.5, 0.6) is 0 Å². The van der Waals surface area contributed by atoms with Crippen molar-refractivity contribution in [2.45, 2.75) is 25.1 Å². The standard InChI is InChI=1S/C11H15BrN2O2S/c1-16-7-4-9(13-5-7)11(15)14-6-8-2-3-10(12)17-8/h2-3,7,9,13H,4-6H2,1H3,(H,14,15)/t7-,9+/m0/s1. The summed E-state index contributed by atoms with van der Waals surface area (Å²) in [5, 5.41) is 6.09. The molecule has 2 heterocycles. The molecule has 1 aliphatic heterocycles. The average molecular weight is 319 g/mol. The van der Waals surface area contributed by atoms with Crippen LogP contribution >= 0.6 is 27.3 Å². The monoisotopic (exact) mass is 318 g/mol. The molecule has 0 bridgehead atoms. The van der Waals surface area contributed by atoms with Crippen molar-refractivity contribution in [3.05, 3.63) is 20.8 Å². The van der Waals surface area contributed by atoms with E-state index in [0.29, 0.717) is 6.54 Å². The second-order valence-corrected chi connectivity index (χ2v) is 6.53. The first-order valence-electron chi connectivity index (χ1n) is 5.47. The second kappa shape index (κ2) is 5.95. The minimum Gasteiger partial charge on any atom is -0.380 e. The van der Waals surface area contributed by atoms with Gasteiger partial charge in [-0.15, -0.1) is 11.3 Å². The van der Waals surface area contributed by atoms with E-state index in [-0.39, 0.29) is 18.1 Å². The molecule has 0 saturated carbocycles. The maximum atomic E-state index is 11.9. The van der Waals surface area contributed by atoms with Crippen LogP contribution in [0.1, 0.15) is 11.3 Å². The quantitative estimate of drug-likeness (QED) is 0.884. The van der Waals surface area contributed by atoms with Crippen LogP contribution in [0, 0.1) is 0 Å². The molecule has 1 aromatic rings. The molecule has 0 aliphatic carbocycles. The first kappa shape index (κ1) is 13.0. The van der Waals surface area contributed by atoms with E-state index in [1.807, 2.05) is 12.1 Å². The zero-order chi connectivity index (χ0) is 12.3. The Morgan fingerprint density at radius 1 is 1.71 bits per heavy atom. The molecule has 2 rings (SSSR count). The number of ether oxygens (including phenoxy) is 1. The molecule has 0 radical (unpaired) electrons. The molecule has 1 aromatic heterocycles. The lowest BCUT2D eigenvalue weighted by atomic mass is 10.2. The molecular weight excluding hydrogens is 304 g/mol. The third-order valence-corrected chi connectivity index (χ3v) is 4.43. The van der Waals surface area contributed by atoms with Crippen molar-refractivity contribution in [3.8, 4) is 0 Å². The van der Waals surface area contributed by atoms with Crippen LogP contribution in [-0.2, 0) is 16.1 Å². The topological polar surface area (TPSA) is 50.4 Å². The van der Waals surface area contributed by atoms with Gasteiger partial charge in [-0.2, -0.15) is 0 Å². The number of hydrogen-bond acceptors (Lipinski definition) is 4. The smallest absolute Gasteiger partial charge is 0.237 e. The third kappa shape index (κ3) is 3.51. The van der Waals surface area contributed by atoms with Gasteiger partial charge in [0.2, 0.25) is 5.91 Å². The Kier molecular flexibility index (Phi) is 4.55. The number of nitrogens with one attached hydrogen (secondary N) is 2. The first-order chi connectivity index (χ1) is 8.19. The van der Waals surface area contributed by atoms with Gasteiger partial charge >= 0.3 is 0 Å². The van der Waals surface area contributed by atoms with Crippen molar-refractivity contribution in [1.29, 1.82) is 0 Å².